The second-order valence-corrected chi connectivity index (χ2v) is 10.7. The van der Waals surface area contributed by atoms with E-state index in [2.05, 4.69) is 21.5 Å². The number of nitrogens with two attached hydrogens (primary N) is 1. The summed E-state index contributed by atoms with van der Waals surface area (Å²) in [5.41, 5.74) is 6.39. The van der Waals surface area contributed by atoms with E-state index in [0.717, 1.165) is 5.56 Å². The molecule has 0 radical (unpaired) electrons. The van der Waals surface area contributed by atoms with Crippen molar-refractivity contribution >= 4 is 22.0 Å². The van der Waals surface area contributed by atoms with Crippen molar-refractivity contribution in [1.29, 1.82) is 5.26 Å². The molecular formula is C23H25N7O5S. The van der Waals surface area contributed by atoms with Crippen LogP contribution in [0.15, 0.2) is 47.4 Å². The van der Waals surface area contributed by atoms with Gasteiger partial charge in [0.2, 0.25) is 11.7 Å². The summed E-state index contributed by atoms with van der Waals surface area (Å²) in [5, 5.41) is 21.3. The average molecular weight is 512 g/mol. The van der Waals surface area contributed by atoms with Gasteiger partial charge in [0, 0.05) is 5.56 Å². The third-order valence-corrected chi connectivity index (χ3v) is 6.63. The Bertz CT molecular complexity index is 1430. The summed E-state index contributed by atoms with van der Waals surface area (Å²) in [4.78, 5) is 25.3. The highest BCUT2D eigenvalue weighted by Gasteiger charge is 2.35. The summed E-state index contributed by atoms with van der Waals surface area (Å²) in [5.74, 6) is -0.751. The predicted octanol–water partition coefficient (Wildman–Crippen LogP) is 1.98. The van der Waals surface area contributed by atoms with Crippen molar-refractivity contribution in [3.63, 3.8) is 0 Å². The number of aromatic nitrogens is 4. The molecule has 2 aromatic carbocycles. The van der Waals surface area contributed by atoms with E-state index in [-0.39, 0.29) is 16.3 Å². The summed E-state index contributed by atoms with van der Waals surface area (Å²) < 4.78 is 32.0. The van der Waals surface area contributed by atoms with Gasteiger partial charge in [0.1, 0.15) is 12.1 Å². The number of hydrogen-bond donors (Lipinski definition) is 1. The molecule has 188 valence electrons. The van der Waals surface area contributed by atoms with Gasteiger partial charge in [-0.2, -0.15) is 14.4 Å². The molecule has 36 heavy (non-hydrogen) atoms. The number of carbonyl (C=O) groups is 2. The van der Waals surface area contributed by atoms with Crippen LogP contribution in [0.2, 0.25) is 0 Å². The van der Waals surface area contributed by atoms with Crippen molar-refractivity contribution < 1.29 is 22.7 Å². The molecule has 0 atom stereocenters. The number of carbonyl (C=O) groups excluding carboxylic acids is 2. The number of rotatable bonds is 7. The van der Waals surface area contributed by atoms with E-state index in [9.17, 15) is 18.0 Å². The molecule has 0 bridgehead atoms. The molecule has 3 aromatic rings. The van der Waals surface area contributed by atoms with Crippen molar-refractivity contribution in [2.75, 3.05) is 6.54 Å². The summed E-state index contributed by atoms with van der Waals surface area (Å²) in [6.07, 6.45) is -1.21. The zero-order valence-corrected chi connectivity index (χ0v) is 21.0. The lowest BCUT2D eigenvalue weighted by Gasteiger charge is -2.26. The van der Waals surface area contributed by atoms with Crippen molar-refractivity contribution in [3.8, 4) is 17.5 Å². The second-order valence-electron chi connectivity index (χ2n) is 8.89. The third-order valence-electron chi connectivity index (χ3n) is 4.76. The number of hydrogen-bond acceptors (Lipinski definition) is 9. The third kappa shape index (κ3) is 6.22. The maximum absolute atomic E-state index is 13.3. The van der Waals surface area contributed by atoms with Crippen LogP contribution in [-0.4, -0.2) is 57.1 Å². The summed E-state index contributed by atoms with van der Waals surface area (Å²) in [7, 11) is -4.47. The maximum atomic E-state index is 13.3. The highest BCUT2D eigenvalue weighted by molar-refractivity contribution is 7.89. The number of aryl methyl sites for hydroxylation is 1. The molecule has 0 aliphatic carbocycles. The number of sulfonamides is 1. The van der Waals surface area contributed by atoms with Crippen molar-refractivity contribution in [2.45, 2.75) is 44.7 Å². The quantitative estimate of drug-likeness (QED) is 0.497. The molecule has 12 nitrogen and oxygen atoms in total. The number of benzene rings is 2. The fourth-order valence-electron chi connectivity index (χ4n) is 3.17. The van der Waals surface area contributed by atoms with E-state index in [4.69, 9.17) is 15.7 Å². The van der Waals surface area contributed by atoms with Gasteiger partial charge in [0.15, 0.2) is 0 Å². The molecule has 1 heterocycles. The molecule has 13 heteroatoms. The SMILES string of the molecule is Cc1cc(-c2nnn(Cc3ccc(C#N)cc3)n2)ccc1S(=O)(=O)N(CC(N)=O)C(=O)OC(C)(C)C. The first-order valence-electron chi connectivity index (χ1n) is 10.7. The van der Waals surface area contributed by atoms with E-state index in [1.807, 2.05) is 0 Å². The average Bonchev–Trinajstić information content (AvgIpc) is 3.25. The van der Waals surface area contributed by atoms with Crippen LogP contribution in [0.1, 0.15) is 37.5 Å². The van der Waals surface area contributed by atoms with Crippen LogP contribution in [0.25, 0.3) is 11.4 Å². The Morgan fingerprint density at radius 2 is 1.83 bits per heavy atom. The van der Waals surface area contributed by atoms with Crippen LogP contribution in [0.3, 0.4) is 0 Å². The Morgan fingerprint density at radius 3 is 2.39 bits per heavy atom. The molecular weight excluding hydrogens is 486 g/mol. The van der Waals surface area contributed by atoms with Gasteiger partial charge in [-0.1, -0.05) is 12.1 Å². The number of tetrazole rings is 1. The van der Waals surface area contributed by atoms with E-state index in [1.54, 1.807) is 45.0 Å². The molecule has 0 aliphatic rings. The van der Waals surface area contributed by atoms with Crippen LogP contribution in [0.4, 0.5) is 4.79 Å². The van der Waals surface area contributed by atoms with Gasteiger partial charge < -0.3 is 10.5 Å². The molecule has 2 N–H and O–H groups in total. The normalized spacial score (nSPS) is 11.5. The lowest BCUT2D eigenvalue weighted by atomic mass is 10.1. The summed E-state index contributed by atoms with van der Waals surface area (Å²) in [6, 6.07) is 13.3. The molecule has 3 rings (SSSR count). The minimum absolute atomic E-state index is 0.205. The molecule has 0 saturated heterocycles. The molecule has 0 spiro atoms. The maximum Gasteiger partial charge on any atom is 0.424 e. The number of nitrogens with zero attached hydrogens (tertiary/aromatic N) is 6. The smallest absolute Gasteiger partial charge is 0.424 e. The first-order valence-corrected chi connectivity index (χ1v) is 12.2. The van der Waals surface area contributed by atoms with Gasteiger partial charge in [-0.25, -0.2) is 13.2 Å². The van der Waals surface area contributed by atoms with Crippen molar-refractivity contribution in [3.05, 3.63) is 59.2 Å². The van der Waals surface area contributed by atoms with Crippen molar-refractivity contribution in [2.24, 2.45) is 5.73 Å². The fourth-order valence-corrected chi connectivity index (χ4v) is 4.65. The van der Waals surface area contributed by atoms with Gasteiger partial charge in [-0.15, -0.1) is 10.2 Å². The monoisotopic (exact) mass is 511 g/mol. The summed E-state index contributed by atoms with van der Waals surface area (Å²) in [6.45, 7) is 5.70. The first-order chi connectivity index (χ1) is 16.8. The van der Waals surface area contributed by atoms with E-state index < -0.39 is 34.2 Å². The number of ether oxygens (including phenoxy) is 1. The topological polar surface area (TPSA) is 174 Å². The number of primary amides is 1. The van der Waals surface area contributed by atoms with Gasteiger partial charge in [-0.05, 0) is 74.4 Å². The predicted molar refractivity (Wildman–Crippen MR) is 128 cm³/mol. The molecule has 0 unspecified atom stereocenters. The van der Waals surface area contributed by atoms with Gasteiger partial charge in [0.25, 0.3) is 10.0 Å². The molecule has 0 saturated carbocycles. The van der Waals surface area contributed by atoms with Crippen LogP contribution in [-0.2, 0) is 26.1 Å². The molecule has 2 amide bonds. The lowest BCUT2D eigenvalue weighted by Crippen LogP contribution is -2.45. The number of nitriles is 1. The molecule has 1 aromatic heterocycles. The fraction of sp³-hybridized carbons (Fsp3) is 0.304. The zero-order chi connectivity index (χ0) is 26.7. The van der Waals surface area contributed by atoms with Crippen LogP contribution in [0.5, 0.6) is 0 Å². The second kappa shape index (κ2) is 10.1. The minimum atomic E-state index is -4.47. The first kappa shape index (κ1) is 26.3. The Kier molecular flexibility index (Phi) is 7.40. The van der Waals surface area contributed by atoms with Gasteiger partial charge in [0.05, 0.1) is 23.1 Å². The molecule has 0 aliphatic heterocycles. The Hall–Kier alpha value is -4.31. The van der Waals surface area contributed by atoms with Gasteiger partial charge >= 0.3 is 6.09 Å². The highest BCUT2D eigenvalue weighted by Crippen LogP contribution is 2.26. The number of amides is 2. The van der Waals surface area contributed by atoms with Gasteiger partial charge in [-0.3, -0.25) is 4.79 Å². The Labute approximate surface area is 208 Å². The lowest BCUT2D eigenvalue weighted by molar-refractivity contribution is -0.118. The summed E-state index contributed by atoms with van der Waals surface area (Å²) >= 11 is 0. The van der Waals surface area contributed by atoms with Crippen molar-refractivity contribution in [1.82, 2.24) is 24.5 Å². The van der Waals surface area contributed by atoms with E-state index >= 15 is 0 Å². The highest BCUT2D eigenvalue weighted by atomic mass is 32.2. The zero-order valence-electron chi connectivity index (χ0n) is 20.2. The largest absolute Gasteiger partial charge is 0.443 e. The van der Waals surface area contributed by atoms with E-state index in [0.29, 0.717) is 22.0 Å². The van der Waals surface area contributed by atoms with Crippen LogP contribution < -0.4 is 5.73 Å². The Balaban J connectivity index is 1.87. The molecule has 0 fully saturated rings. The standard InChI is InChI=1S/C23H25N7O5S/c1-15-11-18(21-26-28-30(27-21)13-17-7-5-16(12-24)6-8-17)9-10-19(15)36(33,34)29(14-20(25)31)22(32)35-23(2,3)4/h5-11H,13-14H2,1-4H3,(H2,25,31). The van der Waals surface area contributed by atoms with E-state index in [1.165, 1.54) is 29.9 Å². The van der Waals surface area contributed by atoms with Crippen LogP contribution in [0, 0.1) is 18.3 Å². The minimum Gasteiger partial charge on any atom is -0.443 e. The Morgan fingerprint density at radius 1 is 1.17 bits per heavy atom. The van der Waals surface area contributed by atoms with Crippen LogP contribution >= 0.6 is 0 Å².